The van der Waals surface area contributed by atoms with Gasteiger partial charge in [0.2, 0.25) is 5.95 Å². The van der Waals surface area contributed by atoms with E-state index in [4.69, 9.17) is 14.0 Å². The predicted molar refractivity (Wildman–Crippen MR) is 119 cm³/mol. The van der Waals surface area contributed by atoms with Gasteiger partial charge in [0.05, 0.1) is 17.2 Å². The van der Waals surface area contributed by atoms with Crippen LogP contribution in [-0.2, 0) is 15.7 Å². The zero-order valence-corrected chi connectivity index (χ0v) is 19.0. The number of hydrogen-bond donors (Lipinski definition) is 0. The summed E-state index contributed by atoms with van der Waals surface area (Å²) in [5.74, 6) is 0.523. The van der Waals surface area contributed by atoms with Crippen LogP contribution < -0.4 is 15.1 Å². The molecule has 2 fully saturated rings. The Labute approximate surface area is 184 Å². The topological polar surface area (TPSA) is 56.7 Å². The molecular weight excluding hydrogens is 396 g/mol. The second-order valence-electron chi connectivity index (χ2n) is 9.32. The van der Waals surface area contributed by atoms with Crippen LogP contribution in [0.3, 0.4) is 0 Å². The lowest BCUT2D eigenvalue weighted by atomic mass is 9.79. The number of aryl methyl sites for hydroxylation is 1. The fourth-order valence-corrected chi connectivity index (χ4v) is 3.90. The van der Waals surface area contributed by atoms with E-state index in [9.17, 15) is 4.39 Å². The van der Waals surface area contributed by atoms with Crippen LogP contribution in [0.4, 0.5) is 10.3 Å². The van der Waals surface area contributed by atoms with Gasteiger partial charge in [-0.05, 0) is 70.1 Å². The minimum atomic E-state index is -0.595. The second-order valence-corrected chi connectivity index (χ2v) is 9.32. The maximum atomic E-state index is 14.8. The smallest absolute Gasteiger partial charge is 0.488 e. The first kappa shape index (κ1) is 22.0. The van der Waals surface area contributed by atoms with Gasteiger partial charge in [0.25, 0.3) is 0 Å². The van der Waals surface area contributed by atoms with Crippen molar-refractivity contribution >= 4 is 18.5 Å². The summed E-state index contributed by atoms with van der Waals surface area (Å²) in [5.41, 5.74) is 0.828. The number of aromatic nitrogens is 2. The van der Waals surface area contributed by atoms with Crippen molar-refractivity contribution in [1.82, 2.24) is 9.97 Å². The van der Waals surface area contributed by atoms with Crippen molar-refractivity contribution in [1.29, 1.82) is 0 Å². The Bertz CT molecular complexity index is 907. The Morgan fingerprint density at radius 2 is 1.84 bits per heavy atom. The van der Waals surface area contributed by atoms with Crippen LogP contribution in [0.5, 0.6) is 5.75 Å². The van der Waals surface area contributed by atoms with E-state index in [1.165, 1.54) is 6.07 Å². The highest BCUT2D eigenvalue weighted by molar-refractivity contribution is 6.62. The van der Waals surface area contributed by atoms with Crippen molar-refractivity contribution in [3.05, 3.63) is 42.0 Å². The summed E-state index contributed by atoms with van der Waals surface area (Å²) in [6.45, 7) is 11.3. The average molecular weight is 427 g/mol. The third kappa shape index (κ3) is 4.41. The van der Waals surface area contributed by atoms with Crippen molar-refractivity contribution in [2.75, 3.05) is 18.1 Å². The number of halogens is 1. The largest absolute Gasteiger partial charge is 0.494 e. The number of nitrogens with zero attached hydrogens (tertiary/aromatic N) is 3. The van der Waals surface area contributed by atoms with Gasteiger partial charge in [-0.2, -0.15) is 0 Å². The van der Waals surface area contributed by atoms with E-state index in [1.807, 2.05) is 40.1 Å². The van der Waals surface area contributed by atoms with Crippen molar-refractivity contribution in [3.8, 4) is 5.75 Å². The zero-order chi connectivity index (χ0) is 22.2. The number of rotatable bonds is 6. The standard InChI is InChI=1S/C23H31BFN3O3/c1-6-16-13-26-21(27-14-16)28-11-7-8-18(28)15-29-20-10-9-17(12-19(20)25)24-30-22(2,3)23(4,5)31-24/h9-10,12-14,18H,6-8,11,15H2,1-5H3/t18-/m1/s1. The molecule has 1 atom stereocenters. The molecule has 2 aliphatic heterocycles. The van der Waals surface area contributed by atoms with E-state index in [-0.39, 0.29) is 11.8 Å². The normalized spacial score (nSPS) is 22.2. The molecule has 0 bridgehead atoms. The second kappa shape index (κ2) is 8.39. The quantitative estimate of drug-likeness (QED) is 0.658. The molecule has 31 heavy (non-hydrogen) atoms. The fourth-order valence-electron chi connectivity index (χ4n) is 3.90. The minimum Gasteiger partial charge on any atom is -0.488 e. The molecule has 0 unspecified atom stereocenters. The predicted octanol–water partition coefficient (Wildman–Crippen LogP) is 3.53. The van der Waals surface area contributed by atoms with Crippen LogP contribution in [0.15, 0.2) is 30.6 Å². The molecule has 0 radical (unpaired) electrons. The van der Waals surface area contributed by atoms with Crippen LogP contribution in [0, 0.1) is 5.82 Å². The highest BCUT2D eigenvalue weighted by Gasteiger charge is 2.51. The first-order chi connectivity index (χ1) is 14.7. The lowest BCUT2D eigenvalue weighted by Crippen LogP contribution is -2.41. The monoisotopic (exact) mass is 427 g/mol. The Kier molecular flexibility index (Phi) is 5.96. The van der Waals surface area contributed by atoms with Crippen LogP contribution in [-0.4, -0.2) is 47.5 Å². The van der Waals surface area contributed by atoms with E-state index in [0.717, 1.165) is 31.4 Å². The van der Waals surface area contributed by atoms with E-state index < -0.39 is 24.1 Å². The summed E-state index contributed by atoms with van der Waals surface area (Å²) in [5, 5.41) is 0. The molecule has 8 heteroatoms. The molecule has 2 saturated heterocycles. The van der Waals surface area contributed by atoms with Crippen LogP contribution in [0.2, 0.25) is 0 Å². The maximum absolute atomic E-state index is 14.8. The Hall–Kier alpha value is -2.19. The van der Waals surface area contributed by atoms with Gasteiger partial charge >= 0.3 is 7.12 Å². The van der Waals surface area contributed by atoms with E-state index in [1.54, 1.807) is 12.1 Å². The lowest BCUT2D eigenvalue weighted by molar-refractivity contribution is 0.00578. The molecule has 0 aliphatic carbocycles. The van der Waals surface area contributed by atoms with E-state index in [2.05, 4.69) is 21.8 Å². The molecule has 2 aliphatic rings. The van der Waals surface area contributed by atoms with Crippen LogP contribution in [0.25, 0.3) is 0 Å². The third-order valence-corrected chi connectivity index (χ3v) is 6.65. The van der Waals surface area contributed by atoms with Gasteiger partial charge < -0.3 is 18.9 Å². The van der Waals surface area contributed by atoms with Crippen molar-refractivity contribution in [2.45, 2.75) is 71.1 Å². The first-order valence-electron chi connectivity index (χ1n) is 11.1. The van der Waals surface area contributed by atoms with Gasteiger partial charge in [-0.1, -0.05) is 13.0 Å². The molecule has 1 aromatic carbocycles. The van der Waals surface area contributed by atoms with Crippen LogP contribution >= 0.6 is 0 Å². The van der Waals surface area contributed by atoms with Crippen molar-refractivity contribution in [2.24, 2.45) is 0 Å². The van der Waals surface area contributed by atoms with Gasteiger partial charge in [0.1, 0.15) is 6.61 Å². The summed E-state index contributed by atoms with van der Waals surface area (Å²) >= 11 is 0. The highest BCUT2D eigenvalue weighted by Crippen LogP contribution is 2.36. The molecule has 6 nitrogen and oxygen atoms in total. The number of benzene rings is 1. The summed E-state index contributed by atoms with van der Waals surface area (Å²) < 4.78 is 32.7. The maximum Gasteiger partial charge on any atom is 0.494 e. The average Bonchev–Trinajstić information content (AvgIpc) is 3.28. The van der Waals surface area contributed by atoms with E-state index >= 15 is 0 Å². The number of ether oxygens (including phenoxy) is 1. The van der Waals surface area contributed by atoms with Gasteiger partial charge in [-0.3, -0.25) is 0 Å². The zero-order valence-electron chi connectivity index (χ0n) is 19.0. The molecule has 1 aromatic heterocycles. The molecule has 0 N–H and O–H groups in total. The van der Waals surface area contributed by atoms with Gasteiger partial charge in [0.15, 0.2) is 11.6 Å². The van der Waals surface area contributed by atoms with Gasteiger partial charge in [-0.15, -0.1) is 0 Å². The SMILES string of the molecule is CCc1cnc(N2CCC[C@@H]2COc2ccc(B3OC(C)(C)C(C)(C)O3)cc2F)nc1. The van der Waals surface area contributed by atoms with Crippen molar-refractivity contribution in [3.63, 3.8) is 0 Å². The summed E-state index contributed by atoms with van der Waals surface area (Å²) in [6.07, 6.45) is 6.65. The fraction of sp³-hybridized carbons (Fsp3) is 0.565. The number of hydrogen-bond acceptors (Lipinski definition) is 6. The molecule has 4 rings (SSSR count). The first-order valence-corrected chi connectivity index (χ1v) is 11.1. The molecule has 0 saturated carbocycles. The van der Waals surface area contributed by atoms with E-state index in [0.29, 0.717) is 18.0 Å². The van der Waals surface area contributed by atoms with Crippen molar-refractivity contribution < 1.29 is 18.4 Å². The Balaban J connectivity index is 1.40. The van der Waals surface area contributed by atoms with Crippen LogP contribution in [0.1, 0.15) is 53.0 Å². The third-order valence-electron chi connectivity index (χ3n) is 6.65. The molecule has 3 heterocycles. The lowest BCUT2D eigenvalue weighted by Gasteiger charge is -2.32. The molecule has 0 spiro atoms. The molecule has 2 aromatic rings. The minimum absolute atomic E-state index is 0.120. The molecule has 0 amide bonds. The Morgan fingerprint density at radius 3 is 2.45 bits per heavy atom. The molecule has 166 valence electrons. The van der Waals surface area contributed by atoms with Gasteiger partial charge in [-0.25, -0.2) is 14.4 Å². The summed E-state index contributed by atoms with van der Waals surface area (Å²) in [7, 11) is -0.595. The molecular formula is C23H31BFN3O3. The summed E-state index contributed by atoms with van der Waals surface area (Å²) in [4.78, 5) is 11.1. The Morgan fingerprint density at radius 1 is 1.16 bits per heavy atom. The van der Waals surface area contributed by atoms with Gasteiger partial charge in [0, 0.05) is 18.9 Å². The highest BCUT2D eigenvalue weighted by atomic mass is 19.1. The number of anilines is 1. The summed E-state index contributed by atoms with van der Waals surface area (Å²) in [6, 6.07) is 5.02.